The highest BCUT2D eigenvalue weighted by Crippen LogP contribution is 2.45. The van der Waals surface area contributed by atoms with Gasteiger partial charge in [0.1, 0.15) is 17.3 Å². The minimum absolute atomic E-state index is 0.334. The van der Waals surface area contributed by atoms with Crippen molar-refractivity contribution in [2.24, 2.45) is 5.92 Å². The Morgan fingerprint density at radius 3 is 2.35 bits per heavy atom. The van der Waals surface area contributed by atoms with Crippen LogP contribution >= 0.6 is 0 Å². The summed E-state index contributed by atoms with van der Waals surface area (Å²) in [5.74, 6) is 4.37. The van der Waals surface area contributed by atoms with Gasteiger partial charge >= 0.3 is 0 Å². The molecule has 3 aromatic heterocycles. The highest BCUT2D eigenvalue weighted by Gasteiger charge is 2.32. The first-order valence-corrected chi connectivity index (χ1v) is 18.3. The lowest BCUT2D eigenvalue weighted by Crippen LogP contribution is -2.19. The standard InChI is InChI=1S/C44H50N4O/c1-9-31-14-13-15-32(10-2)44(31)43-29(7)46-48(30(43)8)35-22-34(28(5)6)23-37(25-35)49-36-18-19-39-38-16-11-12-17-40(38)47(41(39)26-36)42-24-33(27(3)4)20-21-45-42/h11-12,14,16-28,32,44H,9-10,13,15H2,1-8H3/t32-,44?/m0/s1. The molecule has 0 radical (unpaired) electrons. The van der Waals surface area contributed by atoms with E-state index in [0.717, 1.165) is 46.2 Å². The van der Waals surface area contributed by atoms with Gasteiger partial charge in [0.05, 0.1) is 22.4 Å². The van der Waals surface area contributed by atoms with Crippen LogP contribution in [0.5, 0.6) is 11.5 Å². The van der Waals surface area contributed by atoms with Crippen LogP contribution in [0, 0.1) is 19.8 Å². The summed E-state index contributed by atoms with van der Waals surface area (Å²) in [5.41, 5.74) is 11.1. The predicted molar refractivity (Wildman–Crippen MR) is 204 cm³/mol. The van der Waals surface area contributed by atoms with Crippen molar-refractivity contribution in [1.82, 2.24) is 19.3 Å². The van der Waals surface area contributed by atoms with Crippen LogP contribution in [0.1, 0.15) is 113 Å². The normalized spacial score (nSPS) is 16.7. The summed E-state index contributed by atoms with van der Waals surface area (Å²) in [4.78, 5) is 4.83. The molecule has 5 nitrogen and oxygen atoms in total. The van der Waals surface area contributed by atoms with Gasteiger partial charge in [-0.25, -0.2) is 9.67 Å². The van der Waals surface area contributed by atoms with Gasteiger partial charge < -0.3 is 4.74 Å². The zero-order valence-electron chi connectivity index (χ0n) is 30.4. The second kappa shape index (κ2) is 13.3. The van der Waals surface area contributed by atoms with Gasteiger partial charge in [-0.3, -0.25) is 4.57 Å². The van der Waals surface area contributed by atoms with E-state index in [-0.39, 0.29) is 0 Å². The smallest absolute Gasteiger partial charge is 0.137 e. The fourth-order valence-corrected chi connectivity index (χ4v) is 8.09. The Labute approximate surface area is 291 Å². The number of hydrogen-bond donors (Lipinski definition) is 0. The second-order valence-corrected chi connectivity index (χ2v) is 14.5. The largest absolute Gasteiger partial charge is 0.457 e. The lowest BCUT2D eigenvalue weighted by atomic mass is 9.72. The molecular weight excluding hydrogens is 601 g/mol. The van der Waals surface area contributed by atoms with Crippen molar-refractivity contribution in [3.63, 3.8) is 0 Å². The number of nitrogens with zero attached hydrogens (tertiary/aromatic N) is 4. The minimum atomic E-state index is 0.334. The first-order chi connectivity index (χ1) is 23.7. The number of ether oxygens (including phenoxy) is 1. The van der Waals surface area contributed by atoms with Crippen molar-refractivity contribution in [2.45, 2.75) is 98.8 Å². The van der Waals surface area contributed by atoms with Crippen molar-refractivity contribution in [3.8, 4) is 23.0 Å². The highest BCUT2D eigenvalue weighted by atomic mass is 16.5. The Kier molecular flexibility index (Phi) is 8.96. The molecule has 0 saturated carbocycles. The molecule has 3 heterocycles. The maximum atomic E-state index is 6.77. The monoisotopic (exact) mass is 650 g/mol. The van der Waals surface area contributed by atoms with Gasteiger partial charge in [-0.2, -0.15) is 5.10 Å². The van der Waals surface area contributed by atoms with E-state index in [1.165, 1.54) is 52.4 Å². The fourth-order valence-electron chi connectivity index (χ4n) is 8.09. The number of para-hydroxylation sites is 1. The number of rotatable bonds is 9. The van der Waals surface area contributed by atoms with Gasteiger partial charge in [-0.15, -0.1) is 0 Å². The molecule has 5 heteroatoms. The average molecular weight is 651 g/mol. The molecule has 0 saturated heterocycles. The Morgan fingerprint density at radius 1 is 0.816 bits per heavy atom. The molecular formula is C44H50N4O. The van der Waals surface area contributed by atoms with E-state index in [2.05, 4.69) is 144 Å². The van der Waals surface area contributed by atoms with Crippen LogP contribution in [-0.2, 0) is 0 Å². The maximum Gasteiger partial charge on any atom is 0.137 e. The number of allylic oxidation sites excluding steroid dienone is 2. The molecule has 0 aliphatic heterocycles. The van der Waals surface area contributed by atoms with Gasteiger partial charge in [-0.1, -0.05) is 77.8 Å². The summed E-state index contributed by atoms with van der Waals surface area (Å²) >= 11 is 0. The molecule has 252 valence electrons. The summed E-state index contributed by atoms with van der Waals surface area (Å²) in [6, 6.07) is 25.9. The van der Waals surface area contributed by atoms with Crippen molar-refractivity contribution in [1.29, 1.82) is 0 Å². The molecule has 1 aliphatic rings. The van der Waals surface area contributed by atoms with Gasteiger partial charge in [-0.05, 0) is 104 Å². The molecule has 1 unspecified atom stereocenters. The maximum absolute atomic E-state index is 6.77. The van der Waals surface area contributed by atoms with E-state index >= 15 is 0 Å². The molecule has 1 aliphatic carbocycles. The Bertz CT molecular complexity index is 2180. The number of fused-ring (bicyclic) bond motifs is 3. The topological polar surface area (TPSA) is 44.9 Å². The number of hydrogen-bond acceptors (Lipinski definition) is 3. The second-order valence-electron chi connectivity index (χ2n) is 14.5. The number of pyridine rings is 1. The third kappa shape index (κ3) is 5.98. The van der Waals surface area contributed by atoms with Gasteiger partial charge in [0, 0.05) is 46.3 Å². The van der Waals surface area contributed by atoms with Crippen LogP contribution < -0.4 is 4.74 Å². The summed E-state index contributed by atoms with van der Waals surface area (Å²) < 4.78 is 11.2. The summed E-state index contributed by atoms with van der Waals surface area (Å²) in [7, 11) is 0. The Hall–Kier alpha value is -4.64. The van der Waals surface area contributed by atoms with Crippen molar-refractivity contribution >= 4 is 21.8 Å². The zero-order valence-corrected chi connectivity index (χ0v) is 30.4. The highest BCUT2D eigenvalue weighted by molar-refractivity contribution is 6.09. The molecule has 0 amide bonds. The third-order valence-electron chi connectivity index (χ3n) is 10.8. The molecule has 0 bridgehead atoms. The molecule has 6 aromatic rings. The van der Waals surface area contributed by atoms with Crippen molar-refractivity contribution in [3.05, 3.63) is 119 Å². The predicted octanol–water partition coefficient (Wildman–Crippen LogP) is 12.3. The lowest BCUT2D eigenvalue weighted by molar-refractivity contribution is 0.393. The van der Waals surface area contributed by atoms with E-state index < -0.39 is 0 Å². The molecule has 3 aromatic carbocycles. The van der Waals surface area contributed by atoms with Crippen LogP contribution in [-0.4, -0.2) is 19.3 Å². The first kappa shape index (κ1) is 32.9. The first-order valence-electron chi connectivity index (χ1n) is 18.3. The van der Waals surface area contributed by atoms with Crippen LogP contribution in [0.3, 0.4) is 0 Å². The third-order valence-corrected chi connectivity index (χ3v) is 10.8. The van der Waals surface area contributed by atoms with E-state index in [1.807, 2.05) is 6.20 Å². The number of aromatic nitrogens is 4. The lowest BCUT2D eigenvalue weighted by Gasteiger charge is -2.32. The van der Waals surface area contributed by atoms with E-state index in [4.69, 9.17) is 14.8 Å². The van der Waals surface area contributed by atoms with E-state index in [1.54, 1.807) is 5.57 Å². The minimum Gasteiger partial charge on any atom is -0.457 e. The molecule has 0 fully saturated rings. The zero-order chi connectivity index (χ0) is 34.4. The summed E-state index contributed by atoms with van der Waals surface area (Å²) in [5, 5.41) is 7.58. The molecule has 49 heavy (non-hydrogen) atoms. The van der Waals surface area contributed by atoms with Crippen LogP contribution in [0.15, 0.2) is 90.6 Å². The molecule has 2 atom stereocenters. The molecule has 0 N–H and O–H groups in total. The summed E-state index contributed by atoms with van der Waals surface area (Å²) in [6.45, 7) is 18.0. The summed E-state index contributed by atoms with van der Waals surface area (Å²) in [6.07, 6.45) is 9.13. The van der Waals surface area contributed by atoms with Crippen molar-refractivity contribution < 1.29 is 4.74 Å². The van der Waals surface area contributed by atoms with Crippen LogP contribution in [0.25, 0.3) is 33.3 Å². The van der Waals surface area contributed by atoms with Crippen LogP contribution in [0.4, 0.5) is 0 Å². The molecule has 0 spiro atoms. The number of benzene rings is 3. The van der Waals surface area contributed by atoms with Gasteiger partial charge in [0.25, 0.3) is 0 Å². The Morgan fingerprint density at radius 2 is 1.59 bits per heavy atom. The van der Waals surface area contributed by atoms with Crippen molar-refractivity contribution in [2.75, 3.05) is 0 Å². The Balaban J connectivity index is 1.32. The SMILES string of the molecule is CCC1=CCC[C@H](CC)C1c1c(C)nn(-c2cc(Oc3ccc4c5ccccc5n(-c5cc(C(C)C)ccn5)c4c3)cc(C(C)C)c2)c1C. The van der Waals surface area contributed by atoms with E-state index in [9.17, 15) is 0 Å². The number of aryl methyl sites for hydroxylation is 1. The van der Waals surface area contributed by atoms with Crippen LogP contribution in [0.2, 0.25) is 0 Å². The van der Waals surface area contributed by atoms with Gasteiger partial charge in [0.15, 0.2) is 0 Å². The fraction of sp³-hybridized carbons (Fsp3) is 0.364. The average Bonchev–Trinajstić information content (AvgIpc) is 3.59. The van der Waals surface area contributed by atoms with E-state index in [0.29, 0.717) is 23.7 Å². The quantitative estimate of drug-likeness (QED) is 0.146. The molecule has 7 rings (SSSR count). The van der Waals surface area contributed by atoms with Gasteiger partial charge in [0.2, 0.25) is 0 Å².